The van der Waals surface area contributed by atoms with Crippen molar-refractivity contribution < 1.29 is 13.9 Å². The number of aromatic nitrogens is 6. The van der Waals surface area contributed by atoms with Crippen LogP contribution in [0.3, 0.4) is 0 Å². The van der Waals surface area contributed by atoms with Gasteiger partial charge in [0.05, 0.1) is 18.3 Å². The van der Waals surface area contributed by atoms with Gasteiger partial charge in [-0.05, 0) is 19.1 Å². The normalized spacial score (nSPS) is 14.2. The minimum Gasteiger partial charge on any atom is -0.381 e. The lowest BCUT2D eigenvalue weighted by Gasteiger charge is -2.35. The monoisotopic (exact) mass is 462 g/mol. The molecule has 0 radical (unpaired) electrons. The summed E-state index contributed by atoms with van der Waals surface area (Å²) in [6, 6.07) is 13.0. The first-order valence-corrected chi connectivity index (χ1v) is 10.5. The van der Waals surface area contributed by atoms with E-state index in [9.17, 15) is 18.7 Å². The fourth-order valence-corrected chi connectivity index (χ4v) is 4.12. The van der Waals surface area contributed by atoms with Crippen molar-refractivity contribution in [1.29, 1.82) is 0 Å². The Labute approximate surface area is 192 Å². The van der Waals surface area contributed by atoms with Gasteiger partial charge in [0, 0.05) is 29.6 Å². The minimum atomic E-state index is -1.97. The second kappa shape index (κ2) is 8.31. The molecule has 0 aliphatic heterocycles. The van der Waals surface area contributed by atoms with Gasteiger partial charge in [0.2, 0.25) is 0 Å². The minimum absolute atomic E-state index is 0.167. The average molecular weight is 462 g/mol. The van der Waals surface area contributed by atoms with Crippen molar-refractivity contribution in [3.63, 3.8) is 0 Å². The molecule has 3 aromatic heterocycles. The van der Waals surface area contributed by atoms with E-state index in [-0.39, 0.29) is 12.1 Å². The fourth-order valence-electron chi connectivity index (χ4n) is 4.12. The molecular weight excluding hydrogens is 442 g/mol. The molecule has 5 rings (SSSR count). The summed E-state index contributed by atoms with van der Waals surface area (Å²) < 4.78 is 32.4. The van der Waals surface area contributed by atoms with Gasteiger partial charge in [0.1, 0.15) is 35.5 Å². The van der Waals surface area contributed by atoms with Gasteiger partial charge in [-0.2, -0.15) is 5.10 Å². The Hall–Kier alpha value is -4.18. The Kier molecular flexibility index (Phi) is 5.29. The Morgan fingerprint density at radius 2 is 1.91 bits per heavy atom. The molecule has 3 heterocycles. The van der Waals surface area contributed by atoms with Crippen molar-refractivity contribution in [2.24, 2.45) is 0 Å². The van der Waals surface area contributed by atoms with Crippen LogP contribution in [0.4, 0.5) is 8.78 Å². The van der Waals surface area contributed by atoms with Gasteiger partial charge in [-0.25, -0.2) is 28.2 Å². The van der Waals surface area contributed by atoms with Crippen LogP contribution in [0.25, 0.3) is 16.9 Å². The maximum atomic E-state index is 14.8. The van der Waals surface area contributed by atoms with E-state index >= 15 is 0 Å². The molecule has 0 aliphatic carbocycles. The predicted molar refractivity (Wildman–Crippen MR) is 120 cm³/mol. The van der Waals surface area contributed by atoms with Crippen LogP contribution in [0.5, 0.6) is 0 Å². The fraction of sp³-hybridized carbons (Fsp3) is 0.167. The average Bonchev–Trinajstić information content (AvgIpc) is 3.49. The van der Waals surface area contributed by atoms with Crippen molar-refractivity contribution in [1.82, 2.24) is 28.7 Å². The lowest BCUT2D eigenvalue weighted by molar-refractivity contribution is -0.0346. The second-order valence-corrected chi connectivity index (χ2v) is 8.04. The molecule has 34 heavy (non-hydrogen) atoms. The maximum Gasteiger partial charge on any atom is 0.334 e. The number of hydrogen-bond acceptors (Lipinski definition) is 5. The summed E-state index contributed by atoms with van der Waals surface area (Å²) in [5.41, 5.74) is -0.711. The van der Waals surface area contributed by atoms with Gasteiger partial charge in [-0.1, -0.05) is 36.4 Å². The van der Waals surface area contributed by atoms with E-state index in [1.165, 1.54) is 38.6 Å². The van der Waals surface area contributed by atoms with Gasteiger partial charge in [-0.15, -0.1) is 0 Å². The topological polar surface area (TPSA) is 90.2 Å². The third-order valence-corrected chi connectivity index (χ3v) is 5.99. The third kappa shape index (κ3) is 3.67. The number of hydrogen-bond donors (Lipinski definition) is 1. The van der Waals surface area contributed by atoms with Crippen LogP contribution < -0.4 is 5.69 Å². The molecule has 8 nitrogen and oxygen atoms in total. The first-order chi connectivity index (χ1) is 16.4. The molecule has 0 aliphatic rings. The summed E-state index contributed by atoms with van der Waals surface area (Å²) in [7, 11) is 0. The SMILES string of the molecule is C[C@@H](n1ccc2nc(-c3ccccc3)cn2c1=O)C(O)(Cn1cncn1)c1ccc(F)cc1F. The van der Waals surface area contributed by atoms with Crippen LogP contribution in [0.15, 0.2) is 84.4 Å². The van der Waals surface area contributed by atoms with Crippen LogP contribution in [0.1, 0.15) is 18.5 Å². The Balaban J connectivity index is 1.63. The van der Waals surface area contributed by atoms with E-state index in [2.05, 4.69) is 15.1 Å². The van der Waals surface area contributed by atoms with Crippen LogP contribution in [0.2, 0.25) is 0 Å². The van der Waals surface area contributed by atoms with Crippen LogP contribution in [-0.2, 0) is 12.1 Å². The first kappa shape index (κ1) is 21.7. The number of fused-ring (bicyclic) bond motifs is 1. The molecule has 2 atom stereocenters. The maximum absolute atomic E-state index is 14.8. The summed E-state index contributed by atoms with van der Waals surface area (Å²) in [5, 5.41) is 15.8. The molecule has 0 spiro atoms. The van der Waals surface area contributed by atoms with E-state index in [0.717, 1.165) is 11.6 Å². The van der Waals surface area contributed by atoms with E-state index in [4.69, 9.17) is 0 Å². The number of nitrogens with zero attached hydrogens (tertiary/aromatic N) is 6. The van der Waals surface area contributed by atoms with Crippen LogP contribution in [-0.4, -0.2) is 33.8 Å². The second-order valence-electron chi connectivity index (χ2n) is 8.04. The van der Waals surface area contributed by atoms with Gasteiger partial charge in [0.15, 0.2) is 0 Å². The number of imidazole rings is 1. The highest BCUT2D eigenvalue weighted by Gasteiger charge is 2.41. The summed E-state index contributed by atoms with van der Waals surface area (Å²) in [4.78, 5) is 21.8. The van der Waals surface area contributed by atoms with Crippen LogP contribution >= 0.6 is 0 Å². The zero-order chi connectivity index (χ0) is 23.9. The zero-order valence-corrected chi connectivity index (χ0v) is 18.1. The highest BCUT2D eigenvalue weighted by Crippen LogP contribution is 2.36. The van der Waals surface area contributed by atoms with Crippen molar-refractivity contribution in [2.75, 3.05) is 0 Å². The van der Waals surface area contributed by atoms with E-state index in [0.29, 0.717) is 17.4 Å². The van der Waals surface area contributed by atoms with Crippen molar-refractivity contribution in [3.8, 4) is 11.3 Å². The first-order valence-electron chi connectivity index (χ1n) is 10.5. The molecule has 5 aromatic rings. The standard InChI is InChI=1S/C24H20F2N6O2/c1-16(24(34,13-30-15-27-14-28-30)19-8-7-18(25)11-20(19)26)31-10-9-22-29-21(12-32(22)23(31)33)17-5-3-2-4-6-17/h2-12,14-16,34H,13H2,1H3/t16-,24?/m1/s1. The quantitative estimate of drug-likeness (QED) is 0.419. The van der Waals surface area contributed by atoms with Crippen LogP contribution in [0, 0.1) is 11.6 Å². The summed E-state index contributed by atoms with van der Waals surface area (Å²) in [5.74, 6) is -1.71. The smallest absolute Gasteiger partial charge is 0.334 e. The molecular formula is C24H20F2N6O2. The zero-order valence-electron chi connectivity index (χ0n) is 18.1. The molecule has 0 fully saturated rings. The molecule has 0 saturated carbocycles. The molecule has 2 aromatic carbocycles. The summed E-state index contributed by atoms with van der Waals surface area (Å²) in [6.45, 7) is 1.36. The highest BCUT2D eigenvalue weighted by molar-refractivity contribution is 5.62. The lowest BCUT2D eigenvalue weighted by Crippen LogP contribution is -2.44. The molecule has 1 unspecified atom stereocenters. The Morgan fingerprint density at radius 1 is 1.12 bits per heavy atom. The molecule has 10 heteroatoms. The number of benzene rings is 2. The lowest BCUT2D eigenvalue weighted by atomic mass is 9.86. The van der Waals surface area contributed by atoms with Gasteiger partial charge in [-0.3, -0.25) is 8.97 Å². The van der Waals surface area contributed by atoms with Crippen molar-refractivity contribution >= 4 is 5.65 Å². The Morgan fingerprint density at radius 3 is 2.62 bits per heavy atom. The molecule has 0 amide bonds. The molecule has 0 saturated heterocycles. The summed E-state index contributed by atoms with van der Waals surface area (Å²) in [6.07, 6.45) is 5.76. The van der Waals surface area contributed by atoms with E-state index in [1.807, 2.05) is 30.3 Å². The van der Waals surface area contributed by atoms with Gasteiger partial charge >= 0.3 is 5.69 Å². The van der Waals surface area contributed by atoms with Crippen molar-refractivity contribution in [3.05, 3.63) is 107 Å². The van der Waals surface area contributed by atoms with Crippen molar-refractivity contribution in [2.45, 2.75) is 25.1 Å². The predicted octanol–water partition coefficient (Wildman–Crippen LogP) is 3.18. The van der Waals surface area contributed by atoms with E-state index < -0.39 is 29.0 Å². The summed E-state index contributed by atoms with van der Waals surface area (Å²) >= 11 is 0. The third-order valence-electron chi connectivity index (χ3n) is 5.99. The molecule has 0 bridgehead atoms. The van der Waals surface area contributed by atoms with Gasteiger partial charge in [0.25, 0.3) is 0 Å². The van der Waals surface area contributed by atoms with E-state index in [1.54, 1.807) is 19.2 Å². The Bertz CT molecular complexity index is 1510. The van der Waals surface area contributed by atoms with Gasteiger partial charge < -0.3 is 5.11 Å². The molecule has 1 N–H and O–H groups in total. The highest BCUT2D eigenvalue weighted by atomic mass is 19.1. The molecule has 172 valence electrons. The number of halogens is 2. The largest absolute Gasteiger partial charge is 0.381 e. The number of rotatable bonds is 6. The number of aliphatic hydroxyl groups is 1.